The Labute approximate surface area is 238 Å². The Bertz CT molecular complexity index is 1580. The minimum Gasteiger partial charge on any atom is -0.417 e. The smallest absolute Gasteiger partial charge is 0.359 e. The summed E-state index contributed by atoms with van der Waals surface area (Å²) in [5, 5.41) is 2.68. The maximum Gasteiger partial charge on any atom is 0.359 e. The second kappa shape index (κ2) is 11.1. The number of esters is 2. The molecule has 0 saturated carbocycles. The third kappa shape index (κ3) is 4.51. The van der Waals surface area contributed by atoms with Gasteiger partial charge < -0.3 is 14.4 Å². The lowest BCUT2D eigenvalue weighted by molar-refractivity contribution is -0.161. The lowest BCUT2D eigenvalue weighted by Gasteiger charge is -2.45. The van der Waals surface area contributed by atoms with E-state index < -0.39 is 25.1 Å². The highest BCUT2D eigenvalue weighted by Crippen LogP contribution is 2.49. The van der Waals surface area contributed by atoms with Gasteiger partial charge in [-0.2, -0.15) is 0 Å². The van der Waals surface area contributed by atoms with E-state index in [1.807, 2.05) is 91.0 Å². The minimum atomic E-state index is -3.02. The highest BCUT2D eigenvalue weighted by Gasteiger charge is 2.48. The first-order chi connectivity index (χ1) is 20.1. The summed E-state index contributed by atoms with van der Waals surface area (Å²) < 4.78 is 11.6. The molecule has 0 aliphatic carbocycles. The predicted molar refractivity (Wildman–Crippen MR) is 161 cm³/mol. The third-order valence-corrected chi connectivity index (χ3v) is 11.8. The zero-order valence-electron chi connectivity index (χ0n) is 22.3. The zero-order chi connectivity index (χ0) is 28.4. The number of carbonyl (C=O) groups excluding carboxylic acids is 3. The lowest BCUT2D eigenvalue weighted by atomic mass is 9.99. The van der Waals surface area contributed by atoms with Gasteiger partial charge in [0.1, 0.15) is 5.42 Å². The van der Waals surface area contributed by atoms with Crippen LogP contribution in [-0.4, -0.2) is 34.2 Å². The molecule has 0 bridgehead atoms. The monoisotopic (exact) mass is 561 g/mol. The molecule has 7 heteroatoms. The molecule has 6 nitrogen and oxygen atoms in total. The van der Waals surface area contributed by atoms with Crippen LogP contribution in [0.25, 0.3) is 0 Å². The van der Waals surface area contributed by atoms with Crippen molar-refractivity contribution in [2.24, 2.45) is 0 Å². The van der Waals surface area contributed by atoms with Crippen molar-refractivity contribution < 1.29 is 23.9 Å². The molecule has 2 atom stereocenters. The fourth-order valence-electron chi connectivity index (χ4n) is 5.67. The van der Waals surface area contributed by atoms with Crippen molar-refractivity contribution in [3.63, 3.8) is 0 Å². The molecule has 204 valence electrons. The van der Waals surface area contributed by atoms with Gasteiger partial charge in [-0.25, -0.2) is 9.59 Å². The molecule has 4 aromatic rings. The van der Waals surface area contributed by atoms with Crippen molar-refractivity contribution in [2.45, 2.75) is 25.2 Å². The summed E-state index contributed by atoms with van der Waals surface area (Å²) >= 11 is 0. The van der Waals surface area contributed by atoms with Crippen LogP contribution >= 0.6 is 6.89 Å². The van der Waals surface area contributed by atoms with Gasteiger partial charge in [0.15, 0.2) is 0 Å². The molecule has 0 radical (unpaired) electrons. The minimum absolute atomic E-state index is 0.167. The summed E-state index contributed by atoms with van der Waals surface area (Å²) in [4.78, 5) is 42.3. The van der Waals surface area contributed by atoms with Gasteiger partial charge >= 0.3 is 11.9 Å². The van der Waals surface area contributed by atoms with Crippen molar-refractivity contribution in [3.05, 3.63) is 139 Å². The van der Waals surface area contributed by atoms with Crippen molar-refractivity contribution in [2.75, 3.05) is 0 Å². The summed E-state index contributed by atoms with van der Waals surface area (Å²) in [7, 11) is 0. The van der Waals surface area contributed by atoms with E-state index in [1.165, 1.54) is 0 Å². The molecule has 2 unspecified atom stereocenters. The number of fused-ring (bicyclic) bond motifs is 1. The number of carbonyl (C=O) groups is 3. The normalized spacial score (nSPS) is 17.7. The summed E-state index contributed by atoms with van der Waals surface area (Å²) in [5.74, 6) is -1.42. The first-order valence-electron chi connectivity index (χ1n) is 13.4. The first kappa shape index (κ1) is 26.5. The average molecular weight is 562 g/mol. The topological polar surface area (TPSA) is 72.9 Å². The van der Waals surface area contributed by atoms with Gasteiger partial charge in [-0.1, -0.05) is 115 Å². The number of nitrogens with zero attached hydrogens (tertiary/aromatic N) is 1. The van der Waals surface area contributed by atoms with E-state index in [0.29, 0.717) is 24.0 Å². The molecule has 1 saturated heterocycles. The molecule has 1 fully saturated rings. The van der Waals surface area contributed by atoms with Gasteiger partial charge in [-0.3, -0.25) is 4.79 Å². The van der Waals surface area contributed by atoms with Crippen LogP contribution in [0, 0.1) is 0 Å². The number of rotatable bonds is 8. The number of benzene rings is 4. The summed E-state index contributed by atoms with van der Waals surface area (Å²) in [6.07, 6.45) is 1.35. The average Bonchev–Trinajstić information content (AvgIpc) is 3.33. The van der Waals surface area contributed by atoms with Crippen LogP contribution in [0.5, 0.6) is 0 Å². The van der Waals surface area contributed by atoms with Crippen LogP contribution < -0.4 is 15.9 Å². The SMILES string of the molecule is C=CCC1CC(=O)N1C(C(=O)OC1OC(=O)c2ccccc21)=P(c1ccccc1)(c1ccccc1)c1ccccc1. The number of β-lactam (4-membered cyclic amide) rings is 1. The van der Waals surface area contributed by atoms with Crippen LogP contribution in [0.15, 0.2) is 128 Å². The second-order valence-corrected chi connectivity index (χ2v) is 13.2. The largest absolute Gasteiger partial charge is 0.417 e. The lowest BCUT2D eigenvalue weighted by Crippen LogP contribution is -2.59. The fraction of sp³-hybridized carbons (Fsp3) is 0.118. The van der Waals surface area contributed by atoms with Gasteiger partial charge in [0.05, 0.1) is 5.56 Å². The van der Waals surface area contributed by atoms with E-state index in [9.17, 15) is 14.4 Å². The van der Waals surface area contributed by atoms with Crippen LogP contribution in [0.3, 0.4) is 0 Å². The van der Waals surface area contributed by atoms with Gasteiger partial charge in [-0.05, 0) is 28.4 Å². The van der Waals surface area contributed by atoms with E-state index in [0.717, 1.165) is 15.9 Å². The molecule has 1 amide bonds. The summed E-state index contributed by atoms with van der Waals surface area (Å²) in [6.45, 7) is 0.864. The van der Waals surface area contributed by atoms with Crippen LogP contribution in [0.4, 0.5) is 0 Å². The quantitative estimate of drug-likeness (QED) is 0.135. The molecule has 0 N–H and O–H groups in total. The van der Waals surface area contributed by atoms with Crippen molar-refractivity contribution in [3.8, 4) is 0 Å². The van der Waals surface area contributed by atoms with E-state index in [2.05, 4.69) is 6.58 Å². The first-order valence-corrected chi connectivity index (χ1v) is 15.2. The number of hydrogen-bond acceptors (Lipinski definition) is 5. The molecule has 2 heterocycles. The number of amides is 1. The van der Waals surface area contributed by atoms with Gasteiger partial charge in [-0.15, -0.1) is 6.58 Å². The maximum atomic E-state index is 14.7. The van der Waals surface area contributed by atoms with E-state index in [-0.39, 0.29) is 17.4 Å². The summed E-state index contributed by atoms with van der Waals surface area (Å²) in [6, 6.07) is 36.0. The highest BCUT2D eigenvalue weighted by molar-refractivity contribution is 7.96. The van der Waals surface area contributed by atoms with Crippen molar-refractivity contribution in [1.82, 2.24) is 4.90 Å². The van der Waals surface area contributed by atoms with Crippen LogP contribution in [0.1, 0.15) is 35.1 Å². The van der Waals surface area contributed by atoms with Gasteiger partial charge in [0.25, 0.3) is 6.29 Å². The molecule has 0 aromatic heterocycles. The zero-order valence-corrected chi connectivity index (χ0v) is 23.2. The standard InChI is InChI=1S/C34H28NO5P/c1-2-14-24-23-30(36)35(24)31(33(38)40-34-29-22-13-12-21-28(29)32(37)39-34)41(25-15-6-3-7-16-25,26-17-8-4-9-18-26)27-19-10-5-11-20-27/h2-13,15-22,24,34H,1,14,23H2. The molecule has 0 spiro atoms. The van der Waals surface area contributed by atoms with Crippen LogP contribution in [-0.2, 0) is 19.1 Å². The van der Waals surface area contributed by atoms with Crippen molar-refractivity contribution in [1.29, 1.82) is 0 Å². The predicted octanol–water partition coefficient (Wildman–Crippen LogP) is 4.70. The fourth-order valence-corrected chi connectivity index (χ4v) is 10.1. The van der Waals surface area contributed by atoms with Gasteiger partial charge in [0, 0.05) is 24.9 Å². The molecular formula is C34H28NO5P. The highest BCUT2D eigenvalue weighted by atomic mass is 31.2. The Hall–Kier alpha value is -4.67. The van der Waals surface area contributed by atoms with E-state index in [1.54, 1.807) is 35.2 Å². The Morgan fingerprint density at radius 1 is 0.829 bits per heavy atom. The Morgan fingerprint density at radius 2 is 1.34 bits per heavy atom. The number of ether oxygens (including phenoxy) is 2. The van der Waals surface area contributed by atoms with Gasteiger partial charge in [0.2, 0.25) is 5.91 Å². The Balaban J connectivity index is 1.68. The molecule has 2 aliphatic heterocycles. The third-order valence-electron chi connectivity index (χ3n) is 7.50. The molecule has 41 heavy (non-hydrogen) atoms. The van der Waals surface area contributed by atoms with Crippen molar-refractivity contribution >= 4 is 46.1 Å². The number of hydrogen-bond donors (Lipinski definition) is 0. The Kier molecular flexibility index (Phi) is 7.17. The van der Waals surface area contributed by atoms with E-state index in [4.69, 9.17) is 9.47 Å². The number of cyclic esters (lactones) is 1. The Morgan fingerprint density at radius 3 is 1.85 bits per heavy atom. The second-order valence-electron chi connectivity index (χ2n) is 9.88. The molecule has 6 rings (SSSR count). The molecular weight excluding hydrogens is 533 g/mol. The molecule has 2 aliphatic rings. The number of likely N-dealkylation sites (tertiary alicyclic amines) is 1. The maximum absolute atomic E-state index is 14.7. The van der Waals surface area contributed by atoms with E-state index >= 15 is 0 Å². The summed E-state index contributed by atoms with van der Waals surface area (Å²) in [5.41, 5.74) is 1.09. The van der Waals surface area contributed by atoms with Crippen LogP contribution in [0.2, 0.25) is 0 Å². The molecule has 4 aromatic carbocycles.